The first-order chi connectivity index (χ1) is 12.5. The minimum Gasteiger partial charge on any atom is -0.496 e. The fraction of sp³-hybridized carbons (Fsp3) is 0.316. The van der Waals surface area contributed by atoms with Crippen LogP contribution in [0.2, 0.25) is 0 Å². The highest BCUT2D eigenvalue weighted by atomic mass is 16.5. The van der Waals surface area contributed by atoms with Gasteiger partial charge in [0.05, 0.1) is 31.4 Å². The Hall–Kier alpha value is -2.93. The monoisotopic (exact) mass is 356 g/mol. The number of carboxylic acid groups (broad SMARTS) is 1. The predicted molar refractivity (Wildman–Crippen MR) is 94.1 cm³/mol. The molecule has 7 heteroatoms. The van der Waals surface area contributed by atoms with Crippen molar-refractivity contribution in [1.29, 1.82) is 0 Å². The van der Waals surface area contributed by atoms with Crippen LogP contribution in [0, 0.1) is 0 Å². The van der Waals surface area contributed by atoms with E-state index in [1.165, 1.54) is 0 Å². The topological polar surface area (TPSA) is 97.8 Å². The van der Waals surface area contributed by atoms with Gasteiger partial charge >= 0.3 is 5.97 Å². The molecule has 2 N–H and O–H groups in total. The highest BCUT2D eigenvalue weighted by Gasteiger charge is 2.38. The molecule has 1 unspecified atom stereocenters. The third-order valence-corrected chi connectivity index (χ3v) is 4.37. The molecule has 1 atom stereocenters. The smallest absolute Gasteiger partial charge is 0.305 e. The molecule has 0 radical (unpaired) electrons. The van der Waals surface area contributed by atoms with E-state index in [9.17, 15) is 9.59 Å². The maximum absolute atomic E-state index is 12.7. The zero-order valence-corrected chi connectivity index (χ0v) is 14.4. The zero-order valence-electron chi connectivity index (χ0n) is 14.4. The predicted octanol–water partition coefficient (Wildman–Crippen LogP) is 2.12. The Morgan fingerprint density at radius 1 is 1.35 bits per heavy atom. The highest BCUT2D eigenvalue weighted by Crippen LogP contribution is 2.30. The van der Waals surface area contributed by atoms with Gasteiger partial charge in [0.2, 0.25) is 0 Å². The molecule has 3 rings (SSSR count). The summed E-state index contributed by atoms with van der Waals surface area (Å²) in [5.41, 5.74) is 0.899. The first kappa shape index (κ1) is 17.9. The number of hydrogen-bond acceptors (Lipinski definition) is 5. The van der Waals surface area contributed by atoms with E-state index in [4.69, 9.17) is 14.6 Å². The normalized spacial score (nSPS) is 19.1. The molecule has 1 aromatic carbocycles. The number of aliphatic carboxylic acids is 1. The minimum absolute atomic E-state index is 0.179. The number of nitrogens with one attached hydrogen (secondary N) is 1. The van der Waals surface area contributed by atoms with Gasteiger partial charge in [-0.15, -0.1) is 0 Å². The van der Waals surface area contributed by atoms with Crippen molar-refractivity contribution >= 4 is 11.9 Å². The second kappa shape index (κ2) is 7.53. The molecule has 1 aliphatic heterocycles. The summed E-state index contributed by atoms with van der Waals surface area (Å²) >= 11 is 0. The van der Waals surface area contributed by atoms with Gasteiger partial charge in [0, 0.05) is 23.9 Å². The molecule has 1 aliphatic rings. The van der Waals surface area contributed by atoms with Crippen LogP contribution in [0.15, 0.2) is 42.6 Å². The van der Waals surface area contributed by atoms with Gasteiger partial charge < -0.3 is 19.9 Å². The number of pyridine rings is 1. The Morgan fingerprint density at radius 3 is 2.81 bits per heavy atom. The van der Waals surface area contributed by atoms with Gasteiger partial charge in [-0.2, -0.15) is 0 Å². The number of methoxy groups -OCH3 is 1. The second-order valence-electron chi connectivity index (χ2n) is 6.24. The lowest BCUT2D eigenvalue weighted by Crippen LogP contribution is -2.50. The van der Waals surface area contributed by atoms with Crippen LogP contribution in [0.25, 0.3) is 11.3 Å². The molecule has 26 heavy (non-hydrogen) atoms. The number of amides is 1. The molecule has 1 amide bonds. The van der Waals surface area contributed by atoms with E-state index in [2.05, 4.69) is 10.3 Å². The summed E-state index contributed by atoms with van der Waals surface area (Å²) in [6.07, 6.45) is 1.95. The summed E-state index contributed by atoms with van der Waals surface area (Å²) in [6, 6.07) is 10.5. The van der Waals surface area contributed by atoms with Gasteiger partial charge in [-0.1, -0.05) is 6.07 Å². The van der Waals surface area contributed by atoms with Crippen LogP contribution in [0.3, 0.4) is 0 Å². The maximum Gasteiger partial charge on any atom is 0.305 e. The van der Waals surface area contributed by atoms with Gasteiger partial charge in [0.1, 0.15) is 5.75 Å². The fourth-order valence-electron chi connectivity index (χ4n) is 3.06. The molecule has 2 heterocycles. The third kappa shape index (κ3) is 3.83. The number of aromatic nitrogens is 1. The van der Waals surface area contributed by atoms with Crippen LogP contribution in [-0.2, 0) is 9.53 Å². The SMILES string of the molecule is COc1ccc(C(=O)NC2(CC(=O)O)CCOC2)cc1-c1ccccn1. The van der Waals surface area contributed by atoms with Crippen molar-refractivity contribution in [3.05, 3.63) is 48.2 Å². The van der Waals surface area contributed by atoms with Crippen LogP contribution in [0.1, 0.15) is 23.2 Å². The van der Waals surface area contributed by atoms with E-state index in [-0.39, 0.29) is 18.9 Å². The second-order valence-corrected chi connectivity index (χ2v) is 6.24. The number of carbonyl (C=O) groups excluding carboxylic acids is 1. The van der Waals surface area contributed by atoms with Gasteiger partial charge in [-0.25, -0.2) is 0 Å². The van der Waals surface area contributed by atoms with E-state index in [0.717, 1.165) is 0 Å². The number of benzene rings is 1. The van der Waals surface area contributed by atoms with E-state index >= 15 is 0 Å². The first-order valence-corrected chi connectivity index (χ1v) is 8.24. The van der Waals surface area contributed by atoms with Crippen molar-refractivity contribution in [2.75, 3.05) is 20.3 Å². The summed E-state index contributed by atoms with van der Waals surface area (Å²) < 4.78 is 10.7. The van der Waals surface area contributed by atoms with Crippen LogP contribution in [0.4, 0.5) is 0 Å². The van der Waals surface area contributed by atoms with Crippen molar-refractivity contribution in [1.82, 2.24) is 10.3 Å². The van der Waals surface area contributed by atoms with Crippen LogP contribution < -0.4 is 10.1 Å². The molecule has 7 nitrogen and oxygen atoms in total. The highest BCUT2D eigenvalue weighted by molar-refractivity contribution is 5.96. The Bertz CT molecular complexity index is 801. The van der Waals surface area contributed by atoms with Crippen LogP contribution in [0.5, 0.6) is 5.75 Å². The number of ether oxygens (including phenoxy) is 2. The van der Waals surface area contributed by atoms with Crippen molar-refractivity contribution < 1.29 is 24.2 Å². The van der Waals surface area contributed by atoms with Crippen molar-refractivity contribution in [3.63, 3.8) is 0 Å². The van der Waals surface area contributed by atoms with E-state index < -0.39 is 11.5 Å². The Balaban J connectivity index is 1.89. The standard InChI is InChI=1S/C19H20N2O5/c1-25-16-6-5-13(10-14(16)15-4-2-3-8-20-15)18(24)21-19(11-17(22)23)7-9-26-12-19/h2-6,8,10H,7,9,11-12H2,1H3,(H,21,24)(H,22,23). The number of carbonyl (C=O) groups is 2. The van der Waals surface area contributed by atoms with Crippen LogP contribution in [-0.4, -0.2) is 47.8 Å². The molecule has 136 valence electrons. The Labute approximate surface area is 151 Å². The van der Waals surface area contributed by atoms with Crippen LogP contribution >= 0.6 is 0 Å². The average molecular weight is 356 g/mol. The summed E-state index contributed by atoms with van der Waals surface area (Å²) in [6.45, 7) is 0.615. The molecule has 1 aromatic heterocycles. The molecule has 2 aromatic rings. The zero-order chi connectivity index (χ0) is 18.6. The number of rotatable bonds is 6. The quantitative estimate of drug-likeness (QED) is 0.823. The Kier molecular flexibility index (Phi) is 5.18. The number of nitrogens with zero attached hydrogens (tertiary/aromatic N) is 1. The molecule has 1 fully saturated rings. The lowest BCUT2D eigenvalue weighted by atomic mass is 9.93. The largest absolute Gasteiger partial charge is 0.496 e. The van der Waals surface area contributed by atoms with E-state index in [0.29, 0.717) is 35.6 Å². The minimum atomic E-state index is -0.972. The van der Waals surface area contributed by atoms with Crippen molar-refractivity contribution in [2.24, 2.45) is 0 Å². The molecule has 0 bridgehead atoms. The molecular weight excluding hydrogens is 336 g/mol. The Morgan fingerprint density at radius 2 is 2.19 bits per heavy atom. The fourth-order valence-corrected chi connectivity index (χ4v) is 3.06. The lowest BCUT2D eigenvalue weighted by Gasteiger charge is -2.27. The molecule has 0 spiro atoms. The summed E-state index contributed by atoms with van der Waals surface area (Å²) in [4.78, 5) is 28.2. The number of carboxylic acids is 1. The van der Waals surface area contributed by atoms with Gasteiger partial charge in [-0.3, -0.25) is 14.6 Å². The van der Waals surface area contributed by atoms with Crippen molar-refractivity contribution in [2.45, 2.75) is 18.4 Å². The summed E-state index contributed by atoms with van der Waals surface area (Å²) in [5, 5.41) is 12.0. The van der Waals surface area contributed by atoms with E-state index in [1.807, 2.05) is 18.2 Å². The third-order valence-electron chi connectivity index (χ3n) is 4.37. The van der Waals surface area contributed by atoms with Gasteiger partial charge in [0.15, 0.2) is 0 Å². The van der Waals surface area contributed by atoms with Crippen molar-refractivity contribution in [3.8, 4) is 17.0 Å². The van der Waals surface area contributed by atoms with E-state index in [1.54, 1.807) is 31.5 Å². The molecule has 0 aliphatic carbocycles. The molecular formula is C19H20N2O5. The van der Waals surface area contributed by atoms with Gasteiger partial charge in [0.25, 0.3) is 5.91 Å². The maximum atomic E-state index is 12.7. The lowest BCUT2D eigenvalue weighted by molar-refractivity contribution is -0.138. The molecule has 1 saturated heterocycles. The summed E-state index contributed by atoms with van der Waals surface area (Å²) in [7, 11) is 1.55. The molecule has 0 saturated carbocycles. The number of hydrogen-bond donors (Lipinski definition) is 2. The first-order valence-electron chi connectivity index (χ1n) is 8.24. The van der Waals surface area contributed by atoms with Gasteiger partial charge in [-0.05, 0) is 36.8 Å². The summed E-state index contributed by atoms with van der Waals surface area (Å²) in [5.74, 6) is -0.721. The average Bonchev–Trinajstić information content (AvgIpc) is 3.09.